The number of carbonyl (C=O) groups excluding carboxylic acids is 2. The number of amides is 1. The molecule has 6 nitrogen and oxygen atoms in total. The molecule has 0 aliphatic heterocycles. The quantitative estimate of drug-likeness (QED) is 0.853. The Bertz CT molecular complexity index is 585. The molecule has 0 saturated heterocycles. The average molecular weight is 317 g/mol. The number of hydrogen-bond acceptors (Lipinski definition) is 5. The summed E-state index contributed by atoms with van der Waals surface area (Å²) < 4.78 is 42.3. The van der Waals surface area contributed by atoms with Gasteiger partial charge in [0.2, 0.25) is 5.82 Å². The normalized spacial score (nSPS) is 16.5. The number of nitrogens with one attached hydrogen (secondary N) is 1. The Morgan fingerprint density at radius 2 is 2.09 bits per heavy atom. The number of halogens is 3. The Labute approximate surface area is 124 Å². The van der Waals surface area contributed by atoms with E-state index in [4.69, 9.17) is 0 Å². The van der Waals surface area contributed by atoms with Crippen molar-refractivity contribution in [1.29, 1.82) is 0 Å². The zero-order chi connectivity index (χ0) is 16.4. The zero-order valence-electron chi connectivity index (χ0n) is 11.7. The molecule has 0 radical (unpaired) electrons. The highest BCUT2D eigenvalue weighted by molar-refractivity contribution is 5.91. The molecule has 120 valence electrons. The van der Waals surface area contributed by atoms with Crippen LogP contribution in [0, 0.1) is 5.41 Å². The minimum absolute atomic E-state index is 0.0158. The maximum atomic E-state index is 12.5. The first-order valence-electron chi connectivity index (χ1n) is 6.55. The number of nitrogens with zero attached hydrogens (tertiary/aromatic N) is 2. The predicted molar refractivity (Wildman–Crippen MR) is 67.7 cm³/mol. The van der Waals surface area contributed by atoms with Crippen LogP contribution in [0.25, 0.3) is 0 Å². The van der Waals surface area contributed by atoms with Crippen molar-refractivity contribution < 1.29 is 27.5 Å². The molecule has 1 aliphatic rings. The second-order valence-electron chi connectivity index (χ2n) is 5.07. The van der Waals surface area contributed by atoms with Gasteiger partial charge < -0.3 is 10.1 Å². The van der Waals surface area contributed by atoms with Crippen molar-refractivity contribution in [1.82, 2.24) is 15.3 Å². The number of alkyl halides is 3. The van der Waals surface area contributed by atoms with E-state index < -0.39 is 35.0 Å². The first-order chi connectivity index (χ1) is 10.3. The molecule has 1 fully saturated rings. The maximum absolute atomic E-state index is 12.5. The van der Waals surface area contributed by atoms with Gasteiger partial charge >= 0.3 is 12.1 Å². The maximum Gasteiger partial charge on any atom is 0.433 e. The van der Waals surface area contributed by atoms with Crippen LogP contribution < -0.4 is 5.32 Å². The summed E-state index contributed by atoms with van der Waals surface area (Å²) in [6.45, 7) is -0.0158. The van der Waals surface area contributed by atoms with Gasteiger partial charge in [-0.1, -0.05) is 6.42 Å². The number of rotatable bonds is 4. The van der Waals surface area contributed by atoms with Crippen LogP contribution >= 0.6 is 0 Å². The lowest BCUT2D eigenvalue weighted by Crippen LogP contribution is -2.48. The van der Waals surface area contributed by atoms with Crippen molar-refractivity contribution in [2.24, 2.45) is 5.41 Å². The fourth-order valence-electron chi connectivity index (χ4n) is 2.23. The van der Waals surface area contributed by atoms with E-state index in [2.05, 4.69) is 20.0 Å². The monoisotopic (exact) mass is 317 g/mol. The molecule has 0 atom stereocenters. The summed E-state index contributed by atoms with van der Waals surface area (Å²) in [6, 6.07) is 0.679. The van der Waals surface area contributed by atoms with Crippen LogP contribution in [0.5, 0.6) is 0 Å². The van der Waals surface area contributed by atoms with Gasteiger partial charge in [0.25, 0.3) is 5.91 Å². The Hall–Kier alpha value is -2.19. The summed E-state index contributed by atoms with van der Waals surface area (Å²) >= 11 is 0. The molecule has 1 N–H and O–H groups in total. The average Bonchev–Trinajstić information content (AvgIpc) is 2.44. The van der Waals surface area contributed by atoms with E-state index in [0.29, 0.717) is 18.9 Å². The third-order valence-corrected chi connectivity index (χ3v) is 3.67. The lowest BCUT2D eigenvalue weighted by molar-refractivity contribution is -0.157. The molecule has 1 amide bonds. The summed E-state index contributed by atoms with van der Waals surface area (Å²) in [5, 5.41) is 2.40. The van der Waals surface area contributed by atoms with E-state index in [9.17, 15) is 22.8 Å². The molecule has 0 unspecified atom stereocenters. The molecule has 1 aliphatic carbocycles. The van der Waals surface area contributed by atoms with Gasteiger partial charge in [0.1, 0.15) is 5.69 Å². The van der Waals surface area contributed by atoms with Crippen molar-refractivity contribution in [2.75, 3.05) is 13.7 Å². The number of methoxy groups -OCH3 is 1. The number of aromatic nitrogens is 2. The number of carbonyl (C=O) groups is 2. The van der Waals surface area contributed by atoms with Crippen molar-refractivity contribution in [3.05, 3.63) is 23.8 Å². The van der Waals surface area contributed by atoms with Gasteiger partial charge in [-0.2, -0.15) is 13.2 Å². The molecule has 1 heterocycles. The van der Waals surface area contributed by atoms with Gasteiger partial charge in [0.15, 0.2) is 0 Å². The van der Waals surface area contributed by atoms with Gasteiger partial charge in [-0.25, -0.2) is 9.97 Å². The molecule has 1 aromatic heterocycles. The van der Waals surface area contributed by atoms with Crippen LogP contribution in [0.3, 0.4) is 0 Å². The highest BCUT2D eigenvalue weighted by Gasteiger charge is 2.45. The molecule has 2 rings (SSSR count). The van der Waals surface area contributed by atoms with Crippen molar-refractivity contribution in [3.63, 3.8) is 0 Å². The van der Waals surface area contributed by atoms with Crippen LogP contribution in [-0.2, 0) is 15.7 Å². The standard InChI is InChI=1S/C13H14F3N3O3/c1-22-11(21)12(4-2-5-12)7-18-10(20)9-17-6-3-8(19-9)13(14,15)16/h3,6H,2,4-5,7H2,1H3,(H,18,20). The third kappa shape index (κ3) is 3.18. The van der Waals surface area contributed by atoms with E-state index in [-0.39, 0.29) is 6.54 Å². The topological polar surface area (TPSA) is 81.2 Å². The number of ether oxygens (including phenoxy) is 1. The lowest BCUT2D eigenvalue weighted by atomic mass is 9.68. The van der Waals surface area contributed by atoms with Gasteiger partial charge in [0.05, 0.1) is 12.5 Å². The molecule has 0 spiro atoms. The van der Waals surface area contributed by atoms with Crippen molar-refractivity contribution >= 4 is 11.9 Å². The van der Waals surface area contributed by atoms with Crippen LogP contribution in [0.1, 0.15) is 35.6 Å². The molecule has 22 heavy (non-hydrogen) atoms. The fraction of sp³-hybridized carbons (Fsp3) is 0.538. The van der Waals surface area contributed by atoms with Gasteiger partial charge in [-0.05, 0) is 18.9 Å². The van der Waals surface area contributed by atoms with Crippen molar-refractivity contribution in [3.8, 4) is 0 Å². The minimum atomic E-state index is -4.65. The molecule has 1 saturated carbocycles. The minimum Gasteiger partial charge on any atom is -0.469 e. The summed E-state index contributed by atoms with van der Waals surface area (Å²) in [6.07, 6.45) is -1.85. The molecule has 0 bridgehead atoms. The first kappa shape index (κ1) is 16.2. The summed E-state index contributed by atoms with van der Waals surface area (Å²) in [5.74, 6) is -1.89. The molecule has 1 aromatic rings. The Morgan fingerprint density at radius 3 is 2.59 bits per heavy atom. The van der Waals surface area contributed by atoms with E-state index in [0.717, 1.165) is 12.6 Å². The van der Waals surface area contributed by atoms with Crippen molar-refractivity contribution in [2.45, 2.75) is 25.4 Å². The van der Waals surface area contributed by atoms with Gasteiger partial charge in [-0.15, -0.1) is 0 Å². The summed E-state index contributed by atoms with van der Waals surface area (Å²) in [7, 11) is 1.25. The Balaban J connectivity index is 2.05. The highest BCUT2D eigenvalue weighted by atomic mass is 19.4. The number of esters is 1. The van der Waals surface area contributed by atoms with Crippen LogP contribution in [0.2, 0.25) is 0 Å². The SMILES string of the molecule is COC(=O)C1(CNC(=O)c2nccc(C(F)(F)F)n2)CCC1. The second kappa shape index (κ2) is 5.90. The summed E-state index contributed by atoms with van der Waals surface area (Å²) in [5.41, 5.74) is -1.99. The van der Waals surface area contributed by atoms with E-state index in [1.165, 1.54) is 7.11 Å². The molecular weight excluding hydrogens is 303 g/mol. The molecule has 0 aromatic carbocycles. The highest BCUT2D eigenvalue weighted by Crippen LogP contribution is 2.41. The first-order valence-corrected chi connectivity index (χ1v) is 6.55. The number of hydrogen-bond donors (Lipinski definition) is 1. The van der Waals surface area contributed by atoms with Crippen LogP contribution in [0.15, 0.2) is 12.3 Å². The third-order valence-electron chi connectivity index (χ3n) is 3.67. The van der Waals surface area contributed by atoms with Crippen LogP contribution in [-0.4, -0.2) is 35.5 Å². The Morgan fingerprint density at radius 1 is 1.41 bits per heavy atom. The van der Waals surface area contributed by atoms with E-state index in [1.807, 2.05) is 0 Å². The van der Waals surface area contributed by atoms with E-state index in [1.54, 1.807) is 0 Å². The second-order valence-corrected chi connectivity index (χ2v) is 5.07. The Kier molecular flexibility index (Phi) is 4.34. The largest absolute Gasteiger partial charge is 0.469 e. The predicted octanol–water partition coefficient (Wildman–Crippen LogP) is 1.57. The lowest BCUT2D eigenvalue weighted by Gasteiger charge is -2.38. The summed E-state index contributed by atoms with van der Waals surface area (Å²) in [4.78, 5) is 30.3. The fourth-order valence-corrected chi connectivity index (χ4v) is 2.23. The van der Waals surface area contributed by atoms with Gasteiger partial charge in [-0.3, -0.25) is 9.59 Å². The van der Waals surface area contributed by atoms with E-state index >= 15 is 0 Å². The molecule has 9 heteroatoms. The van der Waals surface area contributed by atoms with Gasteiger partial charge in [0, 0.05) is 12.7 Å². The van der Waals surface area contributed by atoms with Crippen LogP contribution in [0.4, 0.5) is 13.2 Å². The molecular formula is C13H14F3N3O3. The smallest absolute Gasteiger partial charge is 0.433 e. The zero-order valence-corrected chi connectivity index (χ0v) is 11.7.